The van der Waals surface area contributed by atoms with Gasteiger partial charge in [0.2, 0.25) is 0 Å². The molecule has 0 saturated heterocycles. The van der Waals surface area contributed by atoms with Gasteiger partial charge in [0.1, 0.15) is 5.75 Å². The van der Waals surface area contributed by atoms with Crippen molar-refractivity contribution in [1.29, 1.82) is 0 Å². The van der Waals surface area contributed by atoms with Gasteiger partial charge in [-0.25, -0.2) is 4.79 Å². The molecule has 0 spiro atoms. The first-order chi connectivity index (χ1) is 12.1. The third-order valence-corrected chi connectivity index (χ3v) is 3.98. The number of amides is 2. The van der Waals surface area contributed by atoms with Crippen molar-refractivity contribution in [3.05, 3.63) is 29.3 Å². The molecule has 2 rings (SSSR count). The zero-order valence-corrected chi connectivity index (χ0v) is 16.0. The lowest BCUT2D eigenvalue weighted by Gasteiger charge is -2.27. The van der Waals surface area contributed by atoms with Crippen LogP contribution in [0.5, 0.6) is 5.75 Å². The third kappa shape index (κ3) is 6.83. The van der Waals surface area contributed by atoms with Crippen LogP contribution in [-0.2, 0) is 11.2 Å². The molecule has 2 amide bonds. The Kier molecular flexibility index (Phi) is 8.35. The summed E-state index contributed by atoms with van der Waals surface area (Å²) in [6.45, 7) is 0.968. The van der Waals surface area contributed by atoms with Crippen LogP contribution in [0.4, 0.5) is 18.0 Å². The normalized spacial score (nSPS) is 16.0. The summed E-state index contributed by atoms with van der Waals surface area (Å²) in [5.41, 5.74) is 6.39. The molecule has 0 radical (unpaired) electrons. The second-order valence-corrected chi connectivity index (χ2v) is 6.51. The van der Waals surface area contributed by atoms with E-state index in [9.17, 15) is 18.0 Å². The molecule has 1 aromatic carbocycles. The Labute approximate surface area is 158 Å². The highest BCUT2D eigenvalue weighted by Gasteiger charge is 2.35. The maximum atomic E-state index is 11.5. The molecule has 1 aromatic rings. The van der Waals surface area contributed by atoms with Gasteiger partial charge in [-0.3, -0.25) is 4.79 Å². The number of hydrogen-bond acceptors (Lipinski definition) is 4. The van der Waals surface area contributed by atoms with Gasteiger partial charge in [0.15, 0.2) is 0 Å². The van der Waals surface area contributed by atoms with Crippen molar-refractivity contribution in [2.45, 2.75) is 25.1 Å². The molecule has 146 valence electrons. The summed E-state index contributed by atoms with van der Waals surface area (Å²) in [6, 6.07) is 6.31. The molecule has 26 heavy (non-hydrogen) atoms. The van der Waals surface area contributed by atoms with Crippen molar-refractivity contribution < 1.29 is 27.5 Å². The first kappa shape index (κ1) is 22.2. The molecule has 0 bridgehead atoms. The first-order valence-corrected chi connectivity index (χ1v) is 8.86. The molecule has 0 saturated carbocycles. The first-order valence-electron chi connectivity index (χ1n) is 7.74. The molecule has 6 nitrogen and oxygen atoms in total. The smallest absolute Gasteiger partial charge is 0.410 e. The number of halogens is 4. The van der Waals surface area contributed by atoms with Gasteiger partial charge in [-0.2, -0.15) is 13.2 Å². The van der Waals surface area contributed by atoms with Crippen LogP contribution >= 0.6 is 15.9 Å². The fourth-order valence-electron chi connectivity index (χ4n) is 2.25. The topological polar surface area (TPSA) is 84.7 Å². The molecule has 3 N–H and O–H groups in total. The van der Waals surface area contributed by atoms with E-state index in [1.807, 2.05) is 12.1 Å². The number of nitrogens with one attached hydrogen (secondary N) is 1. The highest BCUT2D eigenvalue weighted by atomic mass is 79.9. The lowest BCUT2D eigenvalue weighted by atomic mass is 9.93. The van der Waals surface area contributed by atoms with E-state index < -0.39 is 12.1 Å². The van der Waals surface area contributed by atoms with Gasteiger partial charge in [0.25, 0.3) is 0 Å². The Bertz CT molecular complexity index is 639. The molecular weight excluding hydrogens is 419 g/mol. The van der Waals surface area contributed by atoms with Crippen molar-refractivity contribution in [1.82, 2.24) is 10.2 Å². The van der Waals surface area contributed by atoms with E-state index in [2.05, 4.69) is 33.0 Å². The van der Waals surface area contributed by atoms with Gasteiger partial charge in [0.05, 0.1) is 0 Å². The fourth-order valence-corrected chi connectivity index (χ4v) is 2.71. The quantitative estimate of drug-likeness (QED) is 0.709. The maximum Gasteiger partial charge on any atom is 0.470 e. The van der Waals surface area contributed by atoms with Gasteiger partial charge in [-0.05, 0) is 42.6 Å². The summed E-state index contributed by atoms with van der Waals surface area (Å²) in [6.07, 6.45) is -3.17. The van der Waals surface area contributed by atoms with Gasteiger partial charge in [0, 0.05) is 25.5 Å². The minimum Gasteiger partial charge on any atom is -0.410 e. The van der Waals surface area contributed by atoms with Gasteiger partial charge < -0.3 is 20.7 Å². The zero-order valence-electron chi connectivity index (χ0n) is 14.4. The van der Waals surface area contributed by atoms with Crippen LogP contribution in [0.15, 0.2) is 18.2 Å². The van der Waals surface area contributed by atoms with Crippen LogP contribution in [0.25, 0.3) is 0 Å². The van der Waals surface area contributed by atoms with Gasteiger partial charge >= 0.3 is 18.2 Å². The van der Waals surface area contributed by atoms with E-state index >= 15 is 0 Å². The number of alkyl halides is 4. The predicted molar refractivity (Wildman–Crippen MR) is 94.3 cm³/mol. The van der Waals surface area contributed by atoms with Crippen molar-refractivity contribution in [2.24, 2.45) is 5.73 Å². The molecule has 1 aliphatic rings. The van der Waals surface area contributed by atoms with Crippen molar-refractivity contribution >= 4 is 27.9 Å². The van der Waals surface area contributed by atoms with Crippen molar-refractivity contribution in [2.75, 3.05) is 26.0 Å². The van der Waals surface area contributed by atoms with Crippen molar-refractivity contribution in [3.8, 4) is 5.75 Å². The number of hydrogen-bond donors (Lipinski definition) is 2. The number of carbonyl (C=O) groups excluding carboxylic acids is 2. The highest BCUT2D eigenvalue weighted by Crippen LogP contribution is 2.29. The van der Waals surface area contributed by atoms with E-state index in [4.69, 9.17) is 9.53 Å². The van der Waals surface area contributed by atoms with Crippen LogP contribution in [0.2, 0.25) is 0 Å². The Morgan fingerprint density at radius 3 is 2.50 bits per heavy atom. The van der Waals surface area contributed by atoms with E-state index in [0.717, 1.165) is 24.7 Å². The van der Waals surface area contributed by atoms with E-state index in [1.54, 1.807) is 14.1 Å². The summed E-state index contributed by atoms with van der Waals surface area (Å²) in [7, 11) is 3.35. The second-order valence-electron chi connectivity index (χ2n) is 5.72. The summed E-state index contributed by atoms with van der Waals surface area (Å²) in [5, 5.41) is 4.48. The van der Waals surface area contributed by atoms with Crippen LogP contribution in [-0.4, -0.2) is 49.0 Å². The Morgan fingerprint density at radius 1 is 1.38 bits per heavy atom. The number of fused-ring (bicyclic) bond motifs is 1. The van der Waals surface area contributed by atoms with Crippen LogP contribution in [0.1, 0.15) is 23.6 Å². The maximum absolute atomic E-state index is 11.5. The van der Waals surface area contributed by atoms with Crippen molar-refractivity contribution in [3.63, 3.8) is 0 Å². The lowest BCUT2D eigenvalue weighted by molar-refractivity contribution is -0.169. The molecule has 0 unspecified atom stereocenters. The number of benzene rings is 1. The van der Waals surface area contributed by atoms with Crippen LogP contribution < -0.4 is 15.8 Å². The number of rotatable bonds is 3. The fraction of sp³-hybridized carbons (Fsp3) is 0.500. The van der Waals surface area contributed by atoms with Gasteiger partial charge in [-0.1, -0.05) is 22.0 Å². The molecule has 0 fully saturated rings. The number of primary amides is 1. The summed E-state index contributed by atoms with van der Waals surface area (Å²) in [5.74, 6) is -1.63. The minimum absolute atomic E-state index is 0.342. The Balaban J connectivity index is 0.000000412. The standard InChI is InChI=1S/C14H19BrN2O2.C2H2F3NO/c1-17(2)14(18)19-11-3-4-12-10(9-11)6-8-16-13(12)5-7-15;3-2(4,5)1(6)7/h3-4,9,13,16H,5-8H2,1-2H3;(H2,6,7)/t13-;/m1./s1. The van der Waals surface area contributed by atoms with Crippen LogP contribution in [0.3, 0.4) is 0 Å². The molecule has 10 heteroatoms. The minimum atomic E-state index is -4.86. The molecular formula is C16H21BrF3N3O3. The van der Waals surface area contributed by atoms with Gasteiger partial charge in [-0.15, -0.1) is 0 Å². The zero-order chi connectivity index (χ0) is 19.9. The molecule has 0 aromatic heterocycles. The van der Waals surface area contributed by atoms with Crippen LogP contribution in [0, 0.1) is 0 Å². The summed E-state index contributed by atoms with van der Waals surface area (Å²) >= 11 is 3.49. The molecule has 1 atom stereocenters. The SMILES string of the molecule is CN(C)C(=O)Oc1ccc2c(c1)CCN[C@@H]2CCBr.NC(=O)C(F)(F)F. The van der Waals surface area contributed by atoms with E-state index in [0.29, 0.717) is 11.8 Å². The molecule has 1 heterocycles. The summed E-state index contributed by atoms with van der Waals surface area (Å²) < 4.78 is 37.4. The second kappa shape index (κ2) is 9.77. The van der Waals surface area contributed by atoms with E-state index in [1.165, 1.54) is 16.0 Å². The number of nitrogens with zero attached hydrogens (tertiary/aromatic N) is 1. The largest absolute Gasteiger partial charge is 0.470 e. The average molecular weight is 440 g/mol. The average Bonchev–Trinajstić information content (AvgIpc) is 2.54. The third-order valence-electron chi connectivity index (χ3n) is 3.52. The van der Waals surface area contributed by atoms with E-state index in [-0.39, 0.29) is 6.09 Å². The predicted octanol–water partition coefficient (Wildman–Crippen LogP) is 2.75. The molecule has 0 aliphatic carbocycles. The summed E-state index contributed by atoms with van der Waals surface area (Å²) in [4.78, 5) is 22.1. The highest BCUT2D eigenvalue weighted by molar-refractivity contribution is 9.09. The number of nitrogens with two attached hydrogens (primary N) is 1. The number of carbonyl (C=O) groups is 2. The number of ether oxygens (including phenoxy) is 1. The lowest BCUT2D eigenvalue weighted by Crippen LogP contribution is -2.30. The monoisotopic (exact) mass is 439 g/mol. The Morgan fingerprint density at radius 2 is 2.00 bits per heavy atom. The Hall–Kier alpha value is -1.81. The molecule has 1 aliphatic heterocycles.